The summed E-state index contributed by atoms with van der Waals surface area (Å²) in [6.45, 7) is 0. The number of carbonyl (C=O) groups is 1. The van der Waals surface area contributed by atoms with Crippen molar-refractivity contribution in [2.75, 3.05) is 0 Å². The van der Waals surface area contributed by atoms with E-state index in [4.69, 9.17) is 5.11 Å². The minimum Gasteiger partial charge on any atom is -0.481 e. The van der Waals surface area contributed by atoms with Gasteiger partial charge < -0.3 is 5.11 Å². The van der Waals surface area contributed by atoms with Gasteiger partial charge in [0, 0.05) is 11.8 Å². The maximum absolute atomic E-state index is 10.6. The third-order valence-corrected chi connectivity index (χ3v) is 2.60. The highest BCUT2D eigenvalue weighted by Gasteiger charge is 2.22. The Labute approximate surface area is 77.3 Å². The Morgan fingerprint density at radius 1 is 1.08 bits per heavy atom. The fourth-order valence-corrected chi connectivity index (χ4v) is 1.86. The summed E-state index contributed by atoms with van der Waals surface area (Å²) in [5.41, 5.74) is 0. The molecule has 2 heteroatoms. The van der Waals surface area contributed by atoms with Crippen molar-refractivity contribution in [2.24, 2.45) is 17.8 Å². The van der Waals surface area contributed by atoms with Crippen molar-refractivity contribution in [3.05, 3.63) is 36.5 Å². The molecule has 3 aliphatic carbocycles. The van der Waals surface area contributed by atoms with Gasteiger partial charge in [0.1, 0.15) is 0 Å². The number of carboxylic acids is 1. The zero-order valence-corrected chi connectivity index (χ0v) is 7.26. The highest BCUT2D eigenvalue weighted by Crippen LogP contribution is 2.30. The maximum Gasteiger partial charge on any atom is 0.303 e. The lowest BCUT2D eigenvalue weighted by atomic mass is 9.88. The molecule has 3 rings (SSSR count). The zero-order chi connectivity index (χ0) is 9.26. The molecule has 0 fully saturated rings. The van der Waals surface area contributed by atoms with Crippen molar-refractivity contribution in [2.45, 2.75) is 6.42 Å². The van der Waals surface area contributed by atoms with Crippen LogP contribution in [0.15, 0.2) is 36.5 Å². The van der Waals surface area contributed by atoms with Crippen LogP contribution in [0.1, 0.15) is 6.42 Å². The van der Waals surface area contributed by atoms with Gasteiger partial charge in [-0.15, -0.1) is 0 Å². The van der Waals surface area contributed by atoms with Crippen molar-refractivity contribution >= 4 is 5.97 Å². The zero-order valence-electron chi connectivity index (χ0n) is 7.26. The Balaban J connectivity index is 2.16. The molecule has 68 valence electrons. The summed E-state index contributed by atoms with van der Waals surface area (Å²) in [6.07, 6.45) is 12.8. The minimum absolute atomic E-state index is 0.137. The second-order valence-corrected chi connectivity index (χ2v) is 3.57. The van der Waals surface area contributed by atoms with Crippen LogP contribution in [0.5, 0.6) is 0 Å². The van der Waals surface area contributed by atoms with Gasteiger partial charge in [0.15, 0.2) is 0 Å². The van der Waals surface area contributed by atoms with Crippen LogP contribution in [0.25, 0.3) is 0 Å². The van der Waals surface area contributed by atoms with Crippen LogP contribution in [0.3, 0.4) is 0 Å². The molecule has 0 spiro atoms. The van der Waals surface area contributed by atoms with E-state index in [1.165, 1.54) is 0 Å². The van der Waals surface area contributed by atoms with Crippen molar-refractivity contribution < 1.29 is 9.90 Å². The lowest BCUT2D eigenvalue weighted by Gasteiger charge is -2.16. The second kappa shape index (κ2) is 3.21. The van der Waals surface area contributed by atoms with E-state index in [2.05, 4.69) is 30.4 Å². The van der Waals surface area contributed by atoms with E-state index in [1.54, 1.807) is 0 Å². The van der Waals surface area contributed by atoms with E-state index in [-0.39, 0.29) is 18.3 Å². The predicted octanol–water partition coefficient (Wildman–Crippen LogP) is 2.01. The van der Waals surface area contributed by atoms with Gasteiger partial charge in [-0.2, -0.15) is 0 Å². The smallest absolute Gasteiger partial charge is 0.303 e. The summed E-state index contributed by atoms with van der Waals surface area (Å²) in [5, 5.41) is 8.70. The van der Waals surface area contributed by atoms with Crippen molar-refractivity contribution in [1.82, 2.24) is 0 Å². The molecule has 1 N–H and O–H groups in total. The highest BCUT2D eigenvalue weighted by molar-refractivity contribution is 5.67. The number of hydrogen-bond acceptors (Lipinski definition) is 1. The Morgan fingerprint density at radius 3 is 2.31 bits per heavy atom. The molecular formula is C11H12O2. The van der Waals surface area contributed by atoms with Gasteiger partial charge in [0.2, 0.25) is 0 Å². The van der Waals surface area contributed by atoms with Crippen LogP contribution in [-0.2, 0) is 4.79 Å². The molecule has 2 nitrogen and oxygen atoms in total. The average molecular weight is 176 g/mol. The molecule has 0 radical (unpaired) electrons. The quantitative estimate of drug-likeness (QED) is 0.653. The Morgan fingerprint density at radius 2 is 1.69 bits per heavy atom. The largest absolute Gasteiger partial charge is 0.481 e. The summed E-state index contributed by atoms with van der Waals surface area (Å²) in [4.78, 5) is 10.6. The van der Waals surface area contributed by atoms with Gasteiger partial charge in [-0.25, -0.2) is 0 Å². The third kappa shape index (κ3) is 1.72. The number of aliphatic carboxylic acids is 1. The first-order chi connectivity index (χ1) is 6.25. The minimum atomic E-state index is -0.721. The van der Waals surface area contributed by atoms with Crippen molar-refractivity contribution in [3.8, 4) is 0 Å². The first kappa shape index (κ1) is 8.30. The Bertz CT molecular complexity index is 285. The lowest BCUT2D eigenvalue weighted by Crippen LogP contribution is -2.13. The third-order valence-electron chi connectivity index (χ3n) is 2.60. The predicted molar refractivity (Wildman–Crippen MR) is 50.1 cm³/mol. The number of hydrogen-bond donors (Lipinski definition) is 1. The molecule has 3 aliphatic rings. The SMILES string of the molecule is O=C(O)CC1C=CC2C=CC1C=C2. The highest BCUT2D eigenvalue weighted by atomic mass is 16.4. The Kier molecular flexibility index (Phi) is 2.05. The lowest BCUT2D eigenvalue weighted by molar-refractivity contribution is -0.137. The maximum atomic E-state index is 10.6. The van der Waals surface area contributed by atoms with Crippen LogP contribution >= 0.6 is 0 Å². The fourth-order valence-electron chi connectivity index (χ4n) is 1.86. The molecule has 0 aliphatic heterocycles. The molecule has 0 heterocycles. The van der Waals surface area contributed by atoms with E-state index in [9.17, 15) is 4.79 Å². The van der Waals surface area contributed by atoms with Gasteiger partial charge in [0.25, 0.3) is 0 Å². The molecule has 1 unspecified atom stereocenters. The van der Waals surface area contributed by atoms with Gasteiger partial charge in [-0.1, -0.05) is 36.5 Å². The Hall–Kier alpha value is -1.31. The summed E-state index contributed by atoms with van der Waals surface area (Å²) in [5.74, 6) is 0.0837. The molecule has 13 heavy (non-hydrogen) atoms. The van der Waals surface area contributed by atoms with Gasteiger partial charge >= 0.3 is 5.97 Å². The first-order valence-corrected chi connectivity index (χ1v) is 4.52. The van der Waals surface area contributed by atoms with Gasteiger partial charge in [0.05, 0.1) is 6.42 Å². The number of fused-ring (bicyclic) bond motifs is 1. The molecular weight excluding hydrogens is 164 g/mol. The van der Waals surface area contributed by atoms with Crippen LogP contribution in [0, 0.1) is 17.8 Å². The molecule has 0 amide bonds. The van der Waals surface area contributed by atoms with Crippen molar-refractivity contribution in [1.29, 1.82) is 0 Å². The topological polar surface area (TPSA) is 37.3 Å². The first-order valence-electron chi connectivity index (χ1n) is 4.52. The summed E-state index contributed by atoms with van der Waals surface area (Å²) >= 11 is 0. The molecule has 0 aromatic carbocycles. The van der Waals surface area contributed by atoms with Crippen LogP contribution < -0.4 is 0 Å². The summed E-state index contributed by atoms with van der Waals surface area (Å²) < 4.78 is 0. The summed E-state index contributed by atoms with van der Waals surface area (Å²) in [7, 11) is 0. The average Bonchev–Trinajstić information content (AvgIpc) is 2.39. The van der Waals surface area contributed by atoms with E-state index in [0.29, 0.717) is 5.92 Å². The van der Waals surface area contributed by atoms with Gasteiger partial charge in [-0.05, 0) is 5.92 Å². The second-order valence-electron chi connectivity index (χ2n) is 3.57. The molecule has 2 bridgehead atoms. The monoisotopic (exact) mass is 176 g/mol. The van der Waals surface area contributed by atoms with E-state index in [1.807, 2.05) is 6.08 Å². The van der Waals surface area contributed by atoms with Crippen LogP contribution in [-0.4, -0.2) is 11.1 Å². The molecule has 0 aromatic rings. The van der Waals surface area contributed by atoms with Gasteiger partial charge in [-0.3, -0.25) is 4.79 Å². The number of allylic oxidation sites excluding steroid dienone is 6. The number of carboxylic acid groups (broad SMARTS) is 1. The normalized spacial score (nSPS) is 34.9. The van der Waals surface area contributed by atoms with Crippen LogP contribution in [0.4, 0.5) is 0 Å². The van der Waals surface area contributed by atoms with E-state index < -0.39 is 5.97 Å². The van der Waals surface area contributed by atoms with E-state index in [0.717, 1.165) is 0 Å². The molecule has 0 aromatic heterocycles. The number of rotatable bonds is 2. The summed E-state index contributed by atoms with van der Waals surface area (Å²) in [6, 6.07) is 0. The standard InChI is InChI=1S/C11H12O2/c12-11(13)7-10-6-3-8-1-4-9(10)5-2-8/h1-6,8-10H,7H2,(H,12,13). The molecule has 1 atom stereocenters. The van der Waals surface area contributed by atoms with Crippen LogP contribution in [0.2, 0.25) is 0 Å². The fraction of sp³-hybridized carbons (Fsp3) is 0.364. The molecule has 0 saturated heterocycles. The van der Waals surface area contributed by atoms with E-state index >= 15 is 0 Å². The molecule has 0 saturated carbocycles. The van der Waals surface area contributed by atoms with Crippen molar-refractivity contribution in [3.63, 3.8) is 0 Å².